The van der Waals surface area contributed by atoms with Crippen molar-refractivity contribution in [1.29, 1.82) is 0 Å². The molecule has 0 fully saturated rings. The van der Waals surface area contributed by atoms with Crippen LogP contribution in [0.4, 0.5) is 0 Å². The fraction of sp³-hybridized carbons (Fsp3) is 0.111. The standard InChI is InChI=1S/C9H7ClN2O/c10-5-6-4-8(13)12-9-7(6)2-1-3-11-9/h1-4H,5H2,(H,11,12,13). The lowest BCUT2D eigenvalue weighted by molar-refractivity contribution is 1.21. The normalized spacial score (nSPS) is 10.5. The van der Waals surface area contributed by atoms with Crippen molar-refractivity contribution >= 4 is 22.6 Å². The molecule has 0 saturated heterocycles. The zero-order valence-corrected chi connectivity index (χ0v) is 7.51. The van der Waals surface area contributed by atoms with Gasteiger partial charge in [0.15, 0.2) is 0 Å². The summed E-state index contributed by atoms with van der Waals surface area (Å²) in [5, 5.41) is 0.900. The van der Waals surface area contributed by atoms with E-state index in [2.05, 4.69) is 9.97 Å². The maximum absolute atomic E-state index is 11.1. The van der Waals surface area contributed by atoms with Crippen molar-refractivity contribution in [3.8, 4) is 0 Å². The van der Waals surface area contributed by atoms with Crippen molar-refractivity contribution in [1.82, 2.24) is 9.97 Å². The van der Waals surface area contributed by atoms with E-state index in [4.69, 9.17) is 11.6 Å². The van der Waals surface area contributed by atoms with Crippen molar-refractivity contribution in [2.45, 2.75) is 5.88 Å². The number of alkyl halides is 1. The van der Waals surface area contributed by atoms with Crippen LogP contribution in [0.2, 0.25) is 0 Å². The van der Waals surface area contributed by atoms with Crippen molar-refractivity contribution in [2.24, 2.45) is 0 Å². The van der Waals surface area contributed by atoms with Gasteiger partial charge in [-0.1, -0.05) is 0 Å². The average molecular weight is 195 g/mol. The number of pyridine rings is 2. The minimum absolute atomic E-state index is 0.165. The van der Waals surface area contributed by atoms with Crippen LogP contribution in [0.5, 0.6) is 0 Å². The van der Waals surface area contributed by atoms with Crippen LogP contribution in [0.3, 0.4) is 0 Å². The van der Waals surface area contributed by atoms with Gasteiger partial charge >= 0.3 is 0 Å². The van der Waals surface area contributed by atoms with Gasteiger partial charge in [-0.15, -0.1) is 11.6 Å². The first-order valence-electron chi connectivity index (χ1n) is 3.84. The molecule has 0 aromatic carbocycles. The van der Waals surface area contributed by atoms with E-state index in [1.807, 2.05) is 12.1 Å². The van der Waals surface area contributed by atoms with Gasteiger partial charge in [-0.25, -0.2) is 4.98 Å². The maximum atomic E-state index is 11.1. The van der Waals surface area contributed by atoms with Crippen molar-refractivity contribution < 1.29 is 0 Å². The molecule has 0 saturated carbocycles. The molecule has 2 heterocycles. The average Bonchev–Trinajstić information content (AvgIpc) is 2.16. The first kappa shape index (κ1) is 8.26. The van der Waals surface area contributed by atoms with Crippen LogP contribution in [0.25, 0.3) is 11.0 Å². The number of H-pyrrole nitrogens is 1. The molecule has 4 heteroatoms. The minimum atomic E-state index is -0.165. The van der Waals surface area contributed by atoms with Crippen LogP contribution < -0.4 is 5.56 Å². The van der Waals surface area contributed by atoms with Gasteiger partial charge in [0, 0.05) is 23.5 Å². The first-order valence-corrected chi connectivity index (χ1v) is 4.37. The van der Waals surface area contributed by atoms with Crippen LogP contribution in [0, 0.1) is 0 Å². The van der Waals surface area contributed by atoms with Crippen molar-refractivity contribution in [3.63, 3.8) is 0 Å². The number of fused-ring (bicyclic) bond motifs is 1. The second kappa shape index (κ2) is 3.18. The molecule has 2 rings (SSSR count). The van der Waals surface area contributed by atoms with E-state index in [0.717, 1.165) is 10.9 Å². The summed E-state index contributed by atoms with van der Waals surface area (Å²) >= 11 is 5.70. The van der Waals surface area contributed by atoms with Crippen LogP contribution >= 0.6 is 11.6 Å². The predicted octanol–water partition coefficient (Wildman–Crippen LogP) is 1.66. The van der Waals surface area contributed by atoms with Gasteiger partial charge in [0.2, 0.25) is 5.56 Å². The smallest absolute Gasteiger partial charge is 0.249 e. The van der Waals surface area contributed by atoms with Crippen molar-refractivity contribution in [3.05, 3.63) is 40.3 Å². The molecule has 0 unspecified atom stereocenters. The molecular formula is C9H7ClN2O. The summed E-state index contributed by atoms with van der Waals surface area (Å²) in [6, 6.07) is 5.20. The number of rotatable bonds is 1. The van der Waals surface area contributed by atoms with Gasteiger partial charge in [-0.2, -0.15) is 0 Å². The van der Waals surface area contributed by atoms with Gasteiger partial charge in [0.25, 0.3) is 0 Å². The summed E-state index contributed by atoms with van der Waals surface area (Å²) in [4.78, 5) is 17.8. The SMILES string of the molecule is O=c1cc(CCl)c2cccnc2[nH]1. The fourth-order valence-corrected chi connectivity index (χ4v) is 1.48. The van der Waals surface area contributed by atoms with Crippen molar-refractivity contribution in [2.75, 3.05) is 0 Å². The van der Waals surface area contributed by atoms with E-state index in [0.29, 0.717) is 11.5 Å². The van der Waals surface area contributed by atoms with Gasteiger partial charge in [0.05, 0.1) is 0 Å². The summed E-state index contributed by atoms with van der Waals surface area (Å²) < 4.78 is 0. The van der Waals surface area contributed by atoms with Crippen LogP contribution in [0.1, 0.15) is 5.56 Å². The third-order valence-electron chi connectivity index (χ3n) is 1.84. The molecular weight excluding hydrogens is 188 g/mol. The third-order valence-corrected chi connectivity index (χ3v) is 2.13. The number of nitrogens with zero attached hydrogens (tertiary/aromatic N) is 1. The van der Waals surface area contributed by atoms with Gasteiger partial charge in [-0.3, -0.25) is 4.79 Å². The van der Waals surface area contributed by atoms with Gasteiger partial charge in [0.1, 0.15) is 5.65 Å². The molecule has 1 N–H and O–H groups in total. The van der Waals surface area contributed by atoms with E-state index >= 15 is 0 Å². The molecule has 2 aromatic heterocycles. The molecule has 0 aliphatic heterocycles. The molecule has 0 aliphatic carbocycles. The predicted molar refractivity (Wildman–Crippen MR) is 51.9 cm³/mol. The Morgan fingerprint density at radius 3 is 3.15 bits per heavy atom. The zero-order chi connectivity index (χ0) is 9.26. The minimum Gasteiger partial charge on any atom is -0.307 e. The molecule has 0 aliphatic rings. The van der Waals surface area contributed by atoms with Gasteiger partial charge < -0.3 is 4.98 Å². The van der Waals surface area contributed by atoms with Crippen LogP contribution in [-0.2, 0) is 5.88 Å². The molecule has 0 spiro atoms. The lowest BCUT2D eigenvalue weighted by atomic mass is 10.2. The number of hydrogen-bond acceptors (Lipinski definition) is 2. The quantitative estimate of drug-likeness (QED) is 0.702. The number of halogens is 1. The van der Waals surface area contributed by atoms with E-state index in [1.165, 1.54) is 6.07 Å². The highest BCUT2D eigenvalue weighted by Gasteiger charge is 2.01. The maximum Gasteiger partial charge on any atom is 0.249 e. The second-order valence-corrected chi connectivity index (χ2v) is 2.96. The summed E-state index contributed by atoms with van der Waals surface area (Å²) in [7, 11) is 0. The number of hydrogen-bond donors (Lipinski definition) is 1. The molecule has 0 radical (unpaired) electrons. The Hall–Kier alpha value is -1.35. The topological polar surface area (TPSA) is 45.8 Å². The highest BCUT2D eigenvalue weighted by molar-refractivity contribution is 6.17. The Morgan fingerprint density at radius 2 is 2.38 bits per heavy atom. The molecule has 3 nitrogen and oxygen atoms in total. The monoisotopic (exact) mass is 194 g/mol. The zero-order valence-electron chi connectivity index (χ0n) is 6.75. The molecule has 13 heavy (non-hydrogen) atoms. The Morgan fingerprint density at radius 1 is 1.54 bits per heavy atom. The van der Waals surface area contributed by atoms with Crippen LogP contribution in [-0.4, -0.2) is 9.97 Å². The first-order chi connectivity index (χ1) is 6.31. The molecule has 0 bridgehead atoms. The number of aromatic nitrogens is 2. The van der Waals surface area contributed by atoms with E-state index in [1.54, 1.807) is 6.20 Å². The highest BCUT2D eigenvalue weighted by Crippen LogP contribution is 2.13. The molecule has 2 aromatic rings. The molecule has 0 amide bonds. The van der Waals surface area contributed by atoms with E-state index in [-0.39, 0.29) is 5.56 Å². The Balaban J connectivity index is 2.89. The van der Waals surface area contributed by atoms with E-state index < -0.39 is 0 Å². The number of aromatic amines is 1. The fourth-order valence-electron chi connectivity index (χ4n) is 1.26. The Bertz CT molecular complexity index is 492. The summed E-state index contributed by atoms with van der Waals surface area (Å²) in [6.45, 7) is 0. The Kier molecular flexibility index (Phi) is 2.02. The molecule has 0 atom stereocenters. The molecule has 66 valence electrons. The second-order valence-electron chi connectivity index (χ2n) is 2.69. The lowest BCUT2D eigenvalue weighted by Crippen LogP contribution is -2.06. The third kappa shape index (κ3) is 1.42. The Labute approximate surface area is 79.4 Å². The largest absolute Gasteiger partial charge is 0.307 e. The number of nitrogens with one attached hydrogen (secondary N) is 1. The summed E-state index contributed by atoms with van der Waals surface area (Å²) in [5.41, 5.74) is 1.24. The summed E-state index contributed by atoms with van der Waals surface area (Å²) in [5.74, 6) is 0.326. The summed E-state index contributed by atoms with van der Waals surface area (Å²) in [6.07, 6.45) is 1.64. The van der Waals surface area contributed by atoms with Crippen LogP contribution in [0.15, 0.2) is 29.2 Å². The lowest BCUT2D eigenvalue weighted by Gasteiger charge is -2.00. The van der Waals surface area contributed by atoms with E-state index in [9.17, 15) is 4.79 Å². The highest BCUT2D eigenvalue weighted by atomic mass is 35.5. The van der Waals surface area contributed by atoms with Gasteiger partial charge in [-0.05, 0) is 17.7 Å².